The van der Waals surface area contributed by atoms with E-state index in [4.69, 9.17) is 0 Å². The molecule has 0 unspecified atom stereocenters. The second-order valence-corrected chi connectivity index (χ2v) is 4.23. The van der Waals surface area contributed by atoms with Crippen molar-refractivity contribution >= 4 is 11.9 Å². The summed E-state index contributed by atoms with van der Waals surface area (Å²) in [6.07, 6.45) is 5.04. The zero-order chi connectivity index (χ0) is 13.6. The van der Waals surface area contributed by atoms with Gasteiger partial charge in [0.15, 0.2) is 5.96 Å². The van der Waals surface area contributed by atoms with Crippen molar-refractivity contribution in [3.8, 4) is 0 Å². The highest BCUT2D eigenvalue weighted by atomic mass is 16.1. The van der Waals surface area contributed by atoms with E-state index < -0.39 is 0 Å². The zero-order valence-corrected chi connectivity index (χ0v) is 12.0. The Balaban J connectivity index is 3.58. The second-order valence-electron chi connectivity index (χ2n) is 4.23. The first-order valence-corrected chi connectivity index (χ1v) is 6.95. The van der Waals surface area contributed by atoms with Crippen molar-refractivity contribution in [2.45, 2.75) is 46.0 Å². The van der Waals surface area contributed by atoms with E-state index in [1.54, 1.807) is 7.05 Å². The second kappa shape index (κ2) is 12.2. The predicted molar refractivity (Wildman–Crippen MR) is 76.8 cm³/mol. The smallest absolute Gasteiger partial charge is 0.221 e. The molecule has 0 saturated heterocycles. The number of aliphatic imine (C=N–C) groups is 1. The number of hydrogen-bond acceptors (Lipinski definition) is 2. The van der Waals surface area contributed by atoms with Crippen LogP contribution in [0.3, 0.4) is 0 Å². The normalized spacial score (nSPS) is 11.2. The van der Waals surface area contributed by atoms with Gasteiger partial charge in [0, 0.05) is 33.1 Å². The Bertz CT molecular complexity index is 241. The lowest BCUT2D eigenvalue weighted by Crippen LogP contribution is -2.39. The first-order chi connectivity index (χ1) is 8.74. The van der Waals surface area contributed by atoms with Crippen LogP contribution in [-0.4, -0.2) is 38.5 Å². The van der Waals surface area contributed by atoms with Crippen molar-refractivity contribution in [1.29, 1.82) is 0 Å². The van der Waals surface area contributed by atoms with Crippen LogP contribution in [0.2, 0.25) is 0 Å². The molecular formula is C13H28N4O. The van der Waals surface area contributed by atoms with Crippen LogP contribution in [0.1, 0.15) is 46.0 Å². The van der Waals surface area contributed by atoms with Gasteiger partial charge in [0.25, 0.3) is 0 Å². The molecule has 1 amide bonds. The summed E-state index contributed by atoms with van der Waals surface area (Å²) < 4.78 is 0. The number of nitrogens with one attached hydrogen (secondary N) is 3. The number of carbonyl (C=O) groups is 1. The Morgan fingerprint density at radius 1 is 0.944 bits per heavy atom. The predicted octanol–water partition coefficient (Wildman–Crippen LogP) is 1.26. The highest BCUT2D eigenvalue weighted by Gasteiger charge is 2.01. The summed E-state index contributed by atoms with van der Waals surface area (Å²) in [5.74, 6) is 0.861. The molecule has 0 heterocycles. The molecule has 0 saturated carbocycles. The van der Waals surface area contributed by atoms with E-state index in [1.165, 1.54) is 12.8 Å². The van der Waals surface area contributed by atoms with Gasteiger partial charge in [-0.25, -0.2) is 0 Å². The quantitative estimate of drug-likeness (QED) is 0.330. The molecule has 0 spiro atoms. The Labute approximate surface area is 111 Å². The number of guanidine groups is 1. The molecule has 0 atom stereocenters. The maximum atomic E-state index is 11.4. The fourth-order valence-corrected chi connectivity index (χ4v) is 1.45. The van der Waals surface area contributed by atoms with E-state index in [9.17, 15) is 4.79 Å². The summed E-state index contributed by atoms with van der Waals surface area (Å²) >= 11 is 0. The van der Waals surface area contributed by atoms with Crippen LogP contribution in [-0.2, 0) is 4.79 Å². The largest absolute Gasteiger partial charge is 0.356 e. The van der Waals surface area contributed by atoms with E-state index >= 15 is 0 Å². The molecule has 0 aromatic rings. The molecule has 5 heteroatoms. The summed E-state index contributed by atoms with van der Waals surface area (Å²) in [4.78, 5) is 15.5. The van der Waals surface area contributed by atoms with E-state index in [-0.39, 0.29) is 5.91 Å². The molecule has 0 aliphatic carbocycles. The van der Waals surface area contributed by atoms with E-state index in [1.807, 2.05) is 6.92 Å². The Hall–Kier alpha value is -1.26. The van der Waals surface area contributed by atoms with Crippen LogP contribution in [0.15, 0.2) is 4.99 Å². The lowest BCUT2D eigenvalue weighted by Gasteiger charge is -2.11. The summed E-state index contributed by atoms with van der Waals surface area (Å²) in [5.41, 5.74) is 0. The van der Waals surface area contributed by atoms with Gasteiger partial charge in [-0.3, -0.25) is 9.79 Å². The topological polar surface area (TPSA) is 65.5 Å². The molecule has 0 aliphatic rings. The summed E-state index contributed by atoms with van der Waals surface area (Å²) in [5, 5.41) is 9.20. The first-order valence-electron chi connectivity index (χ1n) is 6.95. The van der Waals surface area contributed by atoms with E-state index in [0.717, 1.165) is 31.9 Å². The van der Waals surface area contributed by atoms with Crippen LogP contribution in [0.4, 0.5) is 0 Å². The van der Waals surface area contributed by atoms with Crippen LogP contribution < -0.4 is 16.0 Å². The number of hydrogen-bond donors (Lipinski definition) is 3. The number of unbranched alkanes of at least 4 members (excludes halogenated alkanes) is 2. The van der Waals surface area contributed by atoms with Crippen LogP contribution in [0.25, 0.3) is 0 Å². The lowest BCUT2D eigenvalue weighted by atomic mass is 10.2. The van der Waals surface area contributed by atoms with Gasteiger partial charge in [-0.2, -0.15) is 0 Å². The Morgan fingerprint density at radius 3 is 2.28 bits per heavy atom. The van der Waals surface area contributed by atoms with Gasteiger partial charge in [0.1, 0.15) is 0 Å². The Morgan fingerprint density at radius 2 is 1.67 bits per heavy atom. The Kier molecular flexibility index (Phi) is 11.3. The number of rotatable bonds is 9. The molecule has 0 fully saturated rings. The standard InChI is InChI=1S/C13H28N4O/c1-4-6-7-10-16-13(14-3)17-11-8-12(18)15-9-5-2/h4-11H2,1-3H3,(H,15,18)(H2,14,16,17). The van der Waals surface area contributed by atoms with Gasteiger partial charge >= 0.3 is 0 Å². The maximum Gasteiger partial charge on any atom is 0.221 e. The molecule has 3 N–H and O–H groups in total. The molecule has 0 bridgehead atoms. The van der Waals surface area contributed by atoms with Crippen LogP contribution in [0, 0.1) is 0 Å². The van der Waals surface area contributed by atoms with Crippen LogP contribution in [0.5, 0.6) is 0 Å². The van der Waals surface area contributed by atoms with Gasteiger partial charge in [-0.15, -0.1) is 0 Å². The molecule has 5 nitrogen and oxygen atoms in total. The van der Waals surface area contributed by atoms with E-state index in [0.29, 0.717) is 13.0 Å². The average molecular weight is 256 g/mol. The molecule has 106 valence electrons. The summed E-state index contributed by atoms with van der Waals surface area (Å²) in [6, 6.07) is 0. The van der Waals surface area contributed by atoms with Gasteiger partial charge in [-0.1, -0.05) is 26.7 Å². The average Bonchev–Trinajstić information content (AvgIpc) is 2.39. The third-order valence-corrected chi connectivity index (χ3v) is 2.51. The molecule has 0 radical (unpaired) electrons. The third kappa shape index (κ3) is 9.93. The number of amides is 1. The minimum Gasteiger partial charge on any atom is -0.356 e. The van der Waals surface area contributed by atoms with Crippen molar-refractivity contribution in [3.05, 3.63) is 0 Å². The number of nitrogens with zero attached hydrogens (tertiary/aromatic N) is 1. The van der Waals surface area contributed by atoms with Crippen molar-refractivity contribution in [1.82, 2.24) is 16.0 Å². The summed E-state index contributed by atoms with van der Waals surface area (Å²) in [7, 11) is 1.74. The molecule has 0 rings (SSSR count). The third-order valence-electron chi connectivity index (χ3n) is 2.51. The minimum atomic E-state index is 0.0887. The highest BCUT2D eigenvalue weighted by Crippen LogP contribution is 1.90. The van der Waals surface area contributed by atoms with Gasteiger partial charge in [0.05, 0.1) is 0 Å². The fraction of sp³-hybridized carbons (Fsp3) is 0.846. The van der Waals surface area contributed by atoms with Gasteiger partial charge < -0.3 is 16.0 Å². The highest BCUT2D eigenvalue weighted by molar-refractivity contribution is 5.81. The van der Waals surface area contributed by atoms with E-state index in [2.05, 4.69) is 27.9 Å². The molecule has 0 aromatic heterocycles. The van der Waals surface area contributed by atoms with Crippen LogP contribution >= 0.6 is 0 Å². The van der Waals surface area contributed by atoms with Gasteiger partial charge in [-0.05, 0) is 12.8 Å². The zero-order valence-electron chi connectivity index (χ0n) is 12.0. The van der Waals surface area contributed by atoms with Crippen molar-refractivity contribution in [2.24, 2.45) is 4.99 Å². The van der Waals surface area contributed by atoms with Gasteiger partial charge in [0.2, 0.25) is 5.91 Å². The first kappa shape index (κ1) is 16.7. The molecule has 0 aromatic carbocycles. The van der Waals surface area contributed by atoms with Crippen molar-refractivity contribution < 1.29 is 4.79 Å². The monoisotopic (exact) mass is 256 g/mol. The minimum absolute atomic E-state index is 0.0887. The molecule has 18 heavy (non-hydrogen) atoms. The van der Waals surface area contributed by atoms with Crippen molar-refractivity contribution in [2.75, 3.05) is 26.7 Å². The van der Waals surface area contributed by atoms with Crippen molar-refractivity contribution in [3.63, 3.8) is 0 Å². The lowest BCUT2D eigenvalue weighted by molar-refractivity contribution is -0.120. The molecule has 0 aliphatic heterocycles. The number of carbonyl (C=O) groups excluding carboxylic acids is 1. The SMILES string of the molecule is CCCCCNC(=NC)NCCC(=O)NCCC. The molecular weight excluding hydrogens is 228 g/mol. The maximum absolute atomic E-state index is 11.4. The fourth-order valence-electron chi connectivity index (χ4n) is 1.45. The summed E-state index contributed by atoms with van der Waals surface area (Å²) in [6.45, 7) is 6.52.